The molecule has 0 heterocycles. The van der Waals surface area contributed by atoms with E-state index in [1.807, 2.05) is 0 Å². The van der Waals surface area contributed by atoms with E-state index >= 15 is 0 Å². The Kier molecular flexibility index (Phi) is 9.73. The van der Waals surface area contributed by atoms with Gasteiger partial charge < -0.3 is 5.11 Å². The summed E-state index contributed by atoms with van der Waals surface area (Å²) in [5.41, 5.74) is 0. The third-order valence-electron chi connectivity index (χ3n) is 3.22. The molecule has 0 amide bonds. The first-order valence-electron chi connectivity index (χ1n) is 5.76. The van der Waals surface area contributed by atoms with Gasteiger partial charge in [0.1, 0.15) is 0 Å². The minimum atomic E-state index is -0.125. The van der Waals surface area contributed by atoms with Crippen molar-refractivity contribution in [3.63, 3.8) is 0 Å². The fraction of sp³-hybridized carbons (Fsp3) is 0.467. The monoisotopic (exact) mass is 293 g/mol. The quantitative estimate of drug-likeness (QED) is 0.451. The van der Waals surface area contributed by atoms with Crippen LogP contribution in [0.4, 0.5) is 0 Å². The van der Waals surface area contributed by atoms with Gasteiger partial charge in [0, 0.05) is 22.6 Å². The number of carbonyl (C=O) groups excluding carboxylic acids is 1. The minimum absolute atomic E-state index is 0. The Bertz CT molecular complexity index is 237. The maximum absolute atomic E-state index is 10.0. The van der Waals surface area contributed by atoms with Crippen molar-refractivity contribution < 1.29 is 26.4 Å². The summed E-state index contributed by atoms with van der Waals surface area (Å²) in [4.78, 5) is 10.0. The molecular weight excluding hydrogens is 271 g/mol. The summed E-state index contributed by atoms with van der Waals surface area (Å²) in [6.07, 6.45) is 1.17. The van der Waals surface area contributed by atoms with Crippen LogP contribution in [-0.4, -0.2) is 10.9 Å². The molecule has 2 nitrogen and oxygen atoms in total. The predicted octanol–water partition coefficient (Wildman–Crippen LogP) is 4.01. The molecule has 1 N–H and O–H groups in total. The van der Waals surface area contributed by atoms with E-state index in [0.717, 1.165) is 0 Å². The number of allylic oxidation sites excluding steroid dienone is 2. The summed E-state index contributed by atoms with van der Waals surface area (Å²) in [5, 5.41) is 8.36. The van der Waals surface area contributed by atoms with E-state index in [1.165, 1.54) is 49.5 Å². The normalized spacial score (nSPS) is 20.3. The summed E-state index contributed by atoms with van der Waals surface area (Å²) < 4.78 is 0. The molecule has 3 heteroatoms. The summed E-state index contributed by atoms with van der Waals surface area (Å²) in [6, 6.07) is 0. The van der Waals surface area contributed by atoms with E-state index in [2.05, 4.69) is 34.6 Å². The number of carbonyl (C=O) groups is 1. The molecule has 5 radical (unpaired) electrons. The smallest absolute Gasteiger partial charge is 0.155 e. The van der Waals surface area contributed by atoms with Gasteiger partial charge in [0.15, 0.2) is 5.78 Å². The Morgan fingerprint density at radius 1 is 0.833 bits per heavy atom. The molecule has 0 unspecified atom stereocenters. The first-order chi connectivity index (χ1) is 7.68. The molecule has 0 spiro atoms. The van der Waals surface area contributed by atoms with Crippen LogP contribution >= 0.6 is 0 Å². The standard InChI is InChI=1S/C10H15.C5H8O2.Ni/c1-6-7(2)9(4)10(5)8(6)3;1-4(6)3-5(2)7;/h1-5H3;3,6H,1-2H3;/b;4-3-;. The van der Waals surface area contributed by atoms with Crippen molar-refractivity contribution in [2.45, 2.75) is 48.5 Å². The van der Waals surface area contributed by atoms with Crippen molar-refractivity contribution in [3.8, 4) is 0 Å². The van der Waals surface area contributed by atoms with Crippen LogP contribution < -0.4 is 0 Å². The second-order valence-corrected chi connectivity index (χ2v) is 4.52. The van der Waals surface area contributed by atoms with Gasteiger partial charge in [-0.25, -0.2) is 0 Å². The van der Waals surface area contributed by atoms with Crippen molar-refractivity contribution in [2.75, 3.05) is 0 Å². The van der Waals surface area contributed by atoms with Crippen LogP contribution in [0.2, 0.25) is 0 Å². The third-order valence-corrected chi connectivity index (χ3v) is 3.22. The van der Waals surface area contributed by atoms with Crippen LogP contribution in [0.5, 0.6) is 0 Å². The molecule has 0 aliphatic heterocycles. The van der Waals surface area contributed by atoms with E-state index in [-0.39, 0.29) is 28.0 Å². The summed E-state index contributed by atoms with van der Waals surface area (Å²) in [7, 11) is 0. The molecule has 1 rings (SSSR count). The average molecular weight is 294 g/mol. The van der Waals surface area contributed by atoms with Gasteiger partial charge in [-0.05, 0) is 43.4 Å². The second-order valence-electron chi connectivity index (χ2n) is 4.52. The van der Waals surface area contributed by atoms with Gasteiger partial charge >= 0.3 is 0 Å². The predicted molar refractivity (Wildman–Crippen MR) is 71.7 cm³/mol. The van der Waals surface area contributed by atoms with Crippen LogP contribution in [0.3, 0.4) is 0 Å². The summed E-state index contributed by atoms with van der Waals surface area (Å²) >= 11 is 0. The van der Waals surface area contributed by atoms with Gasteiger partial charge in [0.2, 0.25) is 0 Å². The zero-order chi connectivity index (χ0) is 13.7. The molecule has 1 aliphatic rings. The van der Waals surface area contributed by atoms with E-state index in [4.69, 9.17) is 5.11 Å². The van der Waals surface area contributed by atoms with Gasteiger partial charge in [0.25, 0.3) is 0 Å². The fourth-order valence-electron chi connectivity index (χ4n) is 1.70. The molecule has 18 heavy (non-hydrogen) atoms. The number of aliphatic hydroxyl groups excluding tert-OH is 1. The van der Waals surface area contributed by atoms with Crippen LogP contribution in [-0.2, 0) is 21.3 Å². The molecule has 0 aromatic carbocycles. The maximum atomic E-state index is 10.0. The van der Waals surface area contributed by atoms with Crippen LogP contribution in [0.15, 0.2) is 11.8 Å². The minimum Gasteiger partial charge on any atom is -0.512 e. The largest absolute Gasteiger partial charge is 0.512 e. The van der Waals surface area contributed by atoms with Crippen molar-refractivity contribution >= 4 is 5.78 Å². The van der Waals surface area contributed by atoms with Crippen molar-refractivity contribution in [1.82, 2.24) is 0 Å². The number of hydrogen-bond acceptors (Lipinski definition) is 2. The Balaban J connectivity index is 0. The van der Waals surface area contributed by atoms with Crippen molar-refractivity contribution in [3.05, 3.63) is 41.4 Å². The summed E-state index contributed by atoms with van der Waals surface area (Å²) in [6.45, 7) is 13.8. The molecular formula is C15H23NiO2. The molecule has 1 fully saturated rings. The second kappa shape index (κ2) is 8.74. The number of hydrogen-bond donors (Lipinski definition) is 1. The van der Waals surface area contributed by atoms with Gasteiger partial charge in [-0.3, -0.25) is 4.79 Å². The van der Waals surface area contributed by atoms with Gasteiger partial charge in [0.05, 0.1) is 5.76 Å². The summed E-state index contributed by atoms with van der Waals surface area (Å²) in [5.74, 6) is 7.28. The van der Waals surface area contributed by atoms with Crippen LogP contribution in [0.1, 0.15) is 48.5 Å². The molecule has 0 bridgehead atoms. The molecule has 1 aliphatic carbocycles. The Morgan fingerprint density at radius 3 is 1.11 bits per heavy atom. The van der Waals surface area contributed by atoms with E-state index in [9.17, 15) is 4.79 Å². The van der Waals surface area contributed by atoms with Gasteiger partial charge in [-0.15, -0.1) is 0 Å². The van der Waals surface area contributed by atoms with E-state index in [1.54, 1.807) is 0 Å². The van der Waals surface area contributed by atoms with Crippen LogP contribution in [0.25, 0.3) is 0 Å². The SMILES string of the molecule is CC(=O)/C=C(/C)O.C[C]1[C](C)[C](C)[C](C)[C]1C.[Ni]. The molecule has 0 atom stereocenters. The topological polar surface area (TPSA) is 37.3 Å². The molecule has 0 aromatic heterocycles. The number of ketones is 1. The Hall–Kier alpha value is -0.296. The average Bonchev–Trinajstić information content (AvgIpc) is 2.35. The molecule has 105 valence electrons. The first-order valence-corrected chi connectivity index (χ1v) is 5.76. The fourth-order valence-corrected chi connectivity index (χ4v) is 1.70. The Labute approximate surface area is 122 Å². The third kappa shape index (κ3) is 6.04. The molecule has 0 aromatic rings. The molecule has 0 saturated heterocycles. The van der Waals surface area contributed by atoms with Gasteiger partial charge in [-0.1, -0.05) is 34.6 Å². The number of aliphatic hydroxyl groups is 1. The van der Waals surface area contributed by atoms with Crippen molar-refractivity contribution in [2.24, 2.45) is 0 Å². The zero-order valence-corrected chi connectivity index (χ0v) is 13.2. The molecule has 1 saturated carbocycles. The number of rotatable bonds is 1. The van der Waals surface area contributed by atoms with E-state index < -0.39 is 0 Å². The van der Waals surface area contributed by atoms with Gasteiger partial charge in [-0.2, -0.15) is 0 Å². The zero-order valence-electron chi connectivity index (χ0n) is 12.2. The first kappa shape index (κ1) is 20.0. The maximum Gasteiger partial charge on any atom is 0.155 e. The van der Waals surface area contributed by atoms with Crippen molar-refractivity contribution in [1.29, 1.82) is 0 Å². The van der Waals surface area contributed by atoms with Crippen LogP contribution in [0, 0.1) is 29.6 Å². The Morgan fingerprint density at radius 2 is 1.06 bits per heavy atom. The van der Waals surface area contributed by atoms with E-state index in [0.29, 0.717) is 0 Å².